The van der Waals surface area contributed by atoms with Crippen molar-refractivity contribution in [2.24, 2.45) is 0 Å². The summed E-state index contributed by atoms with van der Waals surface area (Å²) < 4.78 is 19.4. The highest BCUT2D eigenvalue weighted by Gasteiger charge is 2.28. The predicted octanol–water partition coefficient (Wildman–Crippen LogP) is 3.76. The molecule has 1 heterocycles. The van der Waals surface area contributed by atoms with Crippen LogP contribution in [0.15, 0.2) is 60.7 Å². The molecule has 3 aromatic carbocycles. The average molecular weight is 422 g/mol. The molecule has 1 saturated heterocycles. The van der Waals surface area contributed by atoms with E-state index in [-0.39, 0.29) is 31.2 Å². The molecule has 2 atom stereocenters. The molecule has 1 aliphatic rings. The standard InChI is InChI=1S/C24H23FN2O4/c1-15(19-8-4-6-16-5-2-3-7-20(16)19)26-12-18-13-27(23(28)14-31-18)17-9-10-22(25)21(11-17)24(29)30/h2-11,15,18,26H,12-14H2,1H3,(H,29,30). The zero-order chi connectivity index (χ0) is 22.0. The Labute approximate surface area is 179 Å². The lowest BCUT2D eigenvalue weighted by atomic mass is 9.99. The average Bonchev–Trinajstić information content (AvgIpc) is 2.78. The molecule has 0 aromatic heterocycles. The number of hydrogen-bond acceptors (Lipinski definition) is 4. The van der Waals surface area contributed by atoms with Gasteiger partial charge in [0, 0.05) is 18.3 Å². The van der Waals surface area contributed by atoms with E-state index in [1.165, 1.54) is 33.4 Å². The first-order valence-electron chi connectivity index (χ1n) is 10.1. The van der Waals surface area contributed by atoms with Crippen molar-refractivity contribution < 1.29 is 23.8 Å². The fourth-order valence-electron chi connectivity index (χ4n) is 3.89. The Morgan fingerprint density at radius 3 is 2.81 bits per heavy atom. The van der Waals surface area contributed by atoms with E-state index in [1.807, 2.05) is 18.2 Å². The van der Waals surface area contributed by atoms with Crippen molar-refractivity contribution in [2.45, 2.75) is 19.1 Å². The van der Waals surface area contributed by atoms with Crippen molar-refractivity contribution in [3.63, 3.8) is 0 Å². The van der Waals surface area contributed by atoms with Crippen molar-refractivity contribution in [2.75, 3.05) is 24.6 Å². The van der Waals surface area contributed by atoms with Crippen LogP contribution in [0.5, 0.6) is 0 Å². The van der Waals surface area contributed by atoms with Crippen molar-refractivity contribution >= 4 is 28.3 Å². The molecule has 160 valence electrons. The molecule has 7 heteroatoms. The molecule has 31 heavy (non-hydrogen) atoms. The molecule has 1 aliphatic heterocycles. The van der Waals surface area contributed by atoms with E-state index in [1.54, 1.807) is 0 Å². The van der Waals surface area contributed by atoms with Gasteiger partial charge in [-0.05, 0) is 41.5 Å². The molecule has 0 spiro atoms. The number of morpholine rings is 1. The van der Waals surface area contributed by atoms with Gasteiger partial charge in [0.2, 0.25) is 0 Å². The van der Waals surface area contributed by atoms with Gasteiger partial charge in [-0.25, -0.2) is 9.18 Å². The summed E-state index contributed by atoms with van der Waals surface area (Å²) in [6, 6.07) is 18.1. The SMILES string of the molecule is CC(NCC1CN(c2ccc(F)c(C(=O)O)c2)C(=O)CO1)c1cccc2ccccc12. The van der Waals surface area contributed by atoms with Crippen molar-refractivity contribution in [3.8, 4) is 0 Å². The molecule has 2 unspecified atom stereocenters. The number of benzene rings is 3. The van der Waals surface area contributed by atoms with Crippen molar-refractivity contribution in [1.82, 2.24) is 5.32 Å². The van der Waals surface area contributed by atoms with Crippen molar-refractivity contribution in [3.05, 3.63) is 77.6 Å². The quantitative estimate of drug-likeness (QED) is 0.632. The van der Waals surface area contributed by atoms with E-state index in [2.05, 4.69) is 36.5 Å². The minimum atomic E-state index is -1.37. The normalized spacial score (nSPS) is 17.7. The van der Waals surface area contributed by atoms with Crippen LogP contribution in [0.3, 0.4) is 0 Å². The molecule has 0 radical (unpaired) electrons. The van der Waals surface area contributed by atoms with Crippen LogP contribution in [0.4, 0.5) is 10.1 Å². The number of rotatable bonds is 6. The number of hydrogen-bond donors (Lipinski definition) is 2. The molecule has 0 aliphatic carbocycles. The fourth-order valence-corrected chi connectivity index (χ4v) is 3.89. The van der Waals surface area contributed by atoms with Gasteiger partial charge in [0.05, 0.1) is 18.2 Å². The topological polar surface area (TPSA) is 78.9 Å². The van der Waals surface area contributed by atoms with Crippen LogP contribution in [0.2, 0.25) is 0 Å². The third-order valence-corrected chi connectivity index (χ3v) is 5.56. The third-order valence-electron chi connectivity index (χ3n) is 5.56. The summed E-state index contributed by atoms with van der Waals surface area (Å²) in [5, 5.41) is 15.0. The number of aromatic carboxylic acids is 1. The van der Waals surface area contributed by atoms with Crippen molar-refractivity contribution in [1.29, 1.82) is 0 Å². The Kier molecular flexibility index (Phi) is 5.97. The number of nitrogens with one attached hydrogen (secondary N) is 1. The van der Waals surface area contributed by atoms with Crippen LogP contribution < -0.4 is 10.2 Å². The molecule has 0 saturated carbocycles. The van der Waals surface area contributed by atoms with Gasteiger partial charge in [-0.3, -0.25) is 4.79 Å². The minimum Gasteiger partial charge on any atom is -0.478 e. The first-order chi connectivity index (χ1) is 14.9. The number of amides is 1. The number of carboxylic acid groups (broad SMARTS) is 1. The molecule has 3 aromatic rings. The number of halogens is 1. The first kappa shape index (κ1) is 21.0. The van der Waals surface area contributed by atoms with E-state index in [0.717, 1.165) is 6.07 Å². The molecule has 1 amide bonds. The van der Waals surface area contributed by atoms with E-state index < -0.39 is 17.3 Å². The van der Waals surface area contributed by atoms with Crippen LogP contribution in [0.1, 0.15) is 28.9 Å². The van der Waals surface area contributed by atoms with Crippen LogP contribution in [-0.4, -0.2) is 42.8 Å². The number of anilines is 1. The summed E-state index contributed by atoms with van der Waals surface area (Å²) in [4.78, 5) is 25.0. The smallest absolute Gasteiger partial charge is 0.338 e. The van der Waals surface area contributed by atoms with Gasteiger partial charge < -0.3 is 20.1 Å². The van der Waals surface area contributed by atoms with Crippen LogP contribution in [-0.2, 0) is 9.53 Å². The molecule has 2 N–H and O–H groups in total. The summed E-state index contributed by atoms with van der Waals surface area (Å²) in [5.74, 6) is -2.50. The summed E-state index contributed by atoms with van der Waals surface area (Å²) in [7, 11) is 0. The predicted molar refractivity (Wildman–Crippen MR) is 116 cm³/mol. The van der Waals surface area contributed by atoms with E-state index in [9.17, 15) is 14.0 Å². The molecule has 4 rings (SSSR count). The summed E-state index contributed by atoms with van der Waals surface area (Å²) in [5.41, 5.74) is 1.06. The number of carbonyl (C=O) groups is 2. The van der Waals surface area contributed by atoms with Gasteiger partial charge in [0.15, 0.2) is 0 Å². The summed E-state index contributed by atoms with van der Waals surface area (Å²) in [6.07, 6.45) is -0.284. The second-order valence-electron chi connectivity index (χ2n) is 7.60. The molecule has 0 bridgehead atoms. The van der Waals surface area contributed by atoms with Crippen LogP contribution >= 0.6 is 0 Å². The van der Waals surface area contributed by atoms with Gasteiger partial charge in [-0.15, -0.1) is 0 Å². The number of carboxylic acids is 1. The Morgan fingerprint density at radius 2 is 2.00 bits per heavy atom. The van der Waals surface area contributed by atoms with Gasteiger partial charge in [0.25, 0.3) is 5.91 Å². The molecule has 1 fully saturated rings. The Morgan fingerprint density at radius 1 is 1.23 bits per heavy atom. The zero-order valence-electron chi connectivity index (χ0n) is 17.0. The van der Waals surface area contributed by atoms with E-state index >= 15 is 0 Å². The highest BCUT2D eigenvalue weighted by Crippen LogP contribution is 2.25. The second-order valence-corrected chi connectivity index (χ2v) is 7.60. The number of carbonyl (C=O) groups excluding carboxylic acids is 1. The number of nitrogens with zero attached hydrogens (tertiary/aromatic N) is 1. The number of fused-ring (bicyclic) bond motifs is 1. The Balaban J connectivity index is 1.46. The summed E-state index contributed by atoms with van der Waals surface area (Å²) in [6.45, 7) is 2.71. The Hall–Kier alpha value is -3.29. The lowest BCUT2D eigenvalue weighted by Gasteiger charge is -2.33. The Bertz CT molecular complexity index is 1130. The van der Waals surface area contributed by atoms with Gasteiger partial charge in [-0.2, -0.15) is 0 Å². The maximum absolute atomic E-state index is 13.7. The highest BCUT2D eigenvalue weighted by atomic mass is 19.1. The number of ether oxygens (including phenoxy) is 1. The van der Waals surface area contributed by atoms with Gasteiger partial charge in [0.1, 0.15) is 12.4 Å². The van der Waals surface area contributed by atoms with Gasteiger partial charge in [-0.1, -0.05) is 42.5 Å². The first-order valence-corrected chi connectivity index (χ1v) is 10.1. The second kappa shape index (κ2) is 8.83. The third kappa shape index (κ3) is 4.42. The van der Waals surface area contributed by atoms with Crippen LogP contribution in [0, 0.1) is 5.82 Å². The van der Waals surface area contributed by atoms with Gasteiger partial charge >= 0.3 is 5.97 Å². The zero-order valence-corrected chi connectivity index (χ0v) is 17.0. The maximum atomic E-state index is 13.7. The van der Waals surface area contributed by atoms with Crippen LogP contribution in [0.25, 0.3) is 10.8 Å². The highest BCUT2D eigenvalue weighted by molar-refractivity contribution is 5.97. The monoisotopic (exact) mass is 422 g/mol. The van der Waals surface area contributed by atoms with E-state index in [4.69, 9.17) is 9.84 Å². The largest absolute Gasteiger partial charge is 0.478 e. The molecule has 6 nitrogen and oxygen atoms in total. The fraction of sp³-hybridized carbons (Fsp3) is 0.250. The molecular weight excluding hydrogens is 399 g/mol. The van der Waals surface area contributed by atoms with E-state index in [0.29, 0.717) is 12.2 Å². The lowest BCUT2D eigenvalue weighted by molar-refractivity contribution is -0.129. The summed E-state index contributed by atoms with van der Waals surface area (Å²) >= 11 is 0. The molecular formula is C24H23FN2O4. The lowest BCUT2D eigenvalue weighted by Crippen LogP contribution is -2.50. The minimum absolute atomic E-state index is 0.0604. The maximum Gasteiger partial charge on any atom is 0.338 e.